The van der Waals surface area contributed by atoms with Gasteiger partial charge in [0.1, 0.15) is 0 Å². The first kappa shape index (κ1) is 27.2. The third-order valence-electron chi connectivity index (χ3n) is 9.39. The highest BCUT2D eigenvalue weighted by atomic mass is 16.7. The molecule has 8 nitrogen and oxygen atoms in total. The minimum Gasteiger partial charge on any atom is -0.334 e. The number of nitrogens with zero attached hydrogens (tertiary/aromatic N) is 3. The monoisotopic (exact) mass is 539 g/mol. The number of carbonyl (C=O) groups is 2. The second-order valence-corrected chi connectivity index (χ2v) is 11.6. The Bertz CT molecular complexity index is 1430. The molecule has 0 spiro atoms. The average Bonchev–Trinajstić information content (AvgIpc) is 3.27. The van der Waals surface area contributed by atoms with Crippen molar-refractivity contribution in [2.45, 2.75) is 53.1 Å². The molecule has 2 saturated carbocycles. The molecule has 0 aromatic heterocycles. The summed E-state index contributed by atoms with van der Waals surface area (Å²) in [6.07, 6.45) is 1.84. The summed E-state index contributed by atoms with van der Waals surface area (Å²) in [5.41, 5.74) is 1.04. The summed E-state index contributed by atoms with van der Waals surface area (Å²) in [7, 11) is 0. The van der Waals surface area contributed by atoms with Crippen LogP contribution in [0.1, 0.15) is 61.5 Å². The van der Waals surface area contributed by atoms with Crippen LogP contribution in [0.5, 0.6) is 0 Å². The van der Waals surface area contributed by atoms with Gasteiger partial charge in [0, 0.05) is 37.1 Å². The Kier molecular flexibility index (Phi) is 7.04. The van der Waals surface area contributed by atoms with Crippen LogP contribution < -0.4 is 0 Å². The van der Waals surface area contributed by atoms with Gasteiger partial charge in [-0.15, -0.1) is 0 Å². The number of non-ortho nitro benzene ring substituents is 1. The van der Waals surface area contributed by atoms with Crippen molar-refractivity contribution in [3.05, 3.63) is 112 Å². The summed E-state index contributed by atoms with van der Waals surface area (Å²) in [4.78, 5) is 45.2. The number of carbonyl (C=O) groups excluding carboxylic acids is 2. The number of hydrogen-bond acceptors (Lipinski definition) is 6. The highest BCUT2D eigenvalue weighted by Crippen LogP contribution is 2.71. The van der Waals surface area contributed by atoms with E-state index < -0.39 is 27.1 Å². The van der Waals surface area contributed by atoms with E-state index in [1.165, 1.54) is 24.3 Å². The third kappa shape index (κ3) is 4.57. The maximum atomic E-state index is 14.6. The van der Waals surface area contributed by atoms with Crippen LogP contribution in [0.4, 0.5) is 5.69 Å². The first-order valence-corrected chi connectivity index (χ1v) is 13.5. The predicted molar refractivity (Wildman–Crippen MR) is 151 cm³/mol. The smallest absolute Gasteiger partial charge is 0.334 e. The van der Waals surface area contributed by atoms with Crippen molar-refractivity contribution >= 4 is 23.3 Å². The maximum absolute atomic E-state index is 14.6. The number of nitro benzene ring substituents is 1. The van der Waals surface area contributed by atoms with Crippen molar-refractivity contribution in [1.82, 2.24) is 4.90 Å². The molecular formula is C32H33N3O5. The largest absolute Gasteiger partial charge is 0.365 e. The van der Waals surface area contributed by atoms with Gasteiger partial charge in [0.05, 0.1) is 21.6 Å². The number of nitro groups is 1. The number of amides is 1. The molecular weight excluding hydrogens is 506 g/mol. The summed E-state index contributed by atoms with van der Waals surface area (Å²) in [6.45, 7) is 7.29. The van der Waals surface area contributed by atoms with E-state index in [-0.39, 0.29) is 17.2 Å². The Balaban J connectivity index is 1.44. The van der Waals surface area contributed by atoms with Crippen LogP contribution in [0.15, 0.2) is 90.1 Å². The third-order valence-corrected chi connectivity index (χ3v) is 9.39. The Morgan fingerprint density at radius 3 is 2.08 bits per heavy atom. The van der Waals surface area contributed by atoms with Crippen LogP contribution in [-0.2, 0) is 22.7 Å². The second-order valence-electron chi connectivity index (χ2n) is 11.6. The van der Waals surface area contributed by atoms with Gasteiger partial charge in [0.15, 0.2) is 0 Å². The van der Waals surface area contributed by atoms with E-state index in [9.17, 15) is 19.7 Å². The molecule has 0 saturated heterocycles. The molecule has 5 rings (SSSR count). The summed E-state index contributed by atoms with van der Waals surface area (Å²) in [5.74, 6) is -0.695. The van der Waals surface area contributed by atoms with Crippen LogP contribution in [0.3, 0.4) is 0 Å². The maximum Gasteiger partial charge on any atom is 0.365 e. The fraction of sp³-hybridized carbons (Fsp3) is 0.344. The van der Waals surface area contributed by atoms with E-state index in [4.69, 9.17) is 4.84 Å². The molecule has 0 heterocycles. The van der Waals surface area contributed by atoms with Gasteiger partial charge in [-0.05, 0) is 35.4 Å². The Labute approximate surface area is 233 Å². The zero-order chi connectivity index (χ0) is 28.5. The first-order valence-electron chi connectivity index (χ1n) is 13.5. The topological polar surface area (TPSA) is 102 Å². The van der Waals surface area contributed by atoms with E-state index in [0.29, 0.717) is 31.6 Å². The number of oxime groups is 1. The normalized spacial score (nSPS) is 23.6. The zero-order valence-electron chi connectivity index (χ0n) is 23.0. The van der Waals surface area contributed by atoms with Gasteiger partial charge in [-0.25, -0.2) is 4.79 Å². The molecule has 2 atom stereocenters. The molecule has 8 heteroatoms. The standard InChI is InChI=1S/C32H33N3O5/c1-30(2)31(3)17-18-32(30,20-27(31)33-40-28(36)25-15-10-16-26(19-25)35(38)39)29(37)34(21-23-11-6-4-7-12-23)22-24-13-8-5-9-14-24/h4-16,19H,17-18,20-22H2,1-3H3/b33-27+. The van der Waals surface area contributed by atoms with Crippen molar-refractivity contribution in [2.75, 3.05) is 0 Å². The molecule has 0 radical (unpaired) electrons. The van der Waals surface area contributed by atoms with Crippen LogP contribution in [0, 0.1) is 26.4 Å². The highest BCUT2D eigenvalue weighted by Gasteiger charge is 2.72. The lowest BCUT2D eigenvalue weighted by atomic mass is 9.64. The molecule has 2 aliphatic carbocycles. The minimum absolute atomic E-state index is 0.0498. The number of benzene rings is 3. The molecule has 1 amide bonds. The Hall–Kier alpha value is -4.33. The van der Waals surface area contributed by atoms with Crippen molar-refractivity contribution < 1.29 is 19.3 Å². The van der Waals surface area contributed by atoms with Crippen molar-refractivity contribution in [3.63, 3.8) is 0 Å². The summed E-state index contributed by atoms with van der Waals surface area (Å²) in [5, 5.41) is 15.4. The molecule has 40 heavy (non-hydrogen) atoms. The summed E-state index contributed by atoms with van der Waals surface area (Å²) < 4.78 is 0. The van der Waals surface area contributed by atoms with Gasteiger partial charge in [-0.3, -0.25) is 14.9 Å². The predicted octanol–water partition coefficient (Wildman–Crippen LogP) is 6.55. The zero-order valence-corrected chi connectivity index (χ0v) is 23.0. The fourth-order valence-electron chi connectivity index (χ4n) is 6.50. The quantitative estimate of drug-likeness (QED) is 0.183. The number of fused-ring (bicyclic) bond motifs is 2. The molecule has 2 aliphatic rings. The van der Waals surface area contributed by atoms with Crippen LogP contribution in [0.25, 0.3) is 0 Å². The lowest BCUT2D eigenvalue weighted by molar-refractivity contribution is -0.384. The summed E-state index contributed by atoms with van der Waals surface area (Å²) >= 11 is 0. The average molecular weight is 540 g/mol. The van der Waals surface area contributed by atoms with Gasteiger partial charge in [0.2, 0.25) is 5.91 Å². The van der Waals surface area contributed by atoms with Crippen LogP contribution >= 0.6 is 0 Å². The molecule has 206 valence electrons. The lowest BCUT2D eigenvalue weighted by Crippen LogP contribution is -2.48. The van der Waals surface area contributed by atoms with Gasteiger partial charge in [-0.1, -0.05) is 92.7 Å². The van der Waals surface area contributed by atoms with E-state index >= 15 is 0 Å². The number of rotatable bonds is 8. The first-order chi connectivity index (χ1) is 19.1. The fourth-order valence-corrected chi connectivity index (χ4v) is 6.50. The van der Waals surface area contributed by atoms with E-state index in [0.717, 1.165) is 17.5 Å². The van der Waals surface area contributed by atoms with E-state index in [1.807, 2.05) is 65.6 Å². The Morgan fingerprint density at radius 1 is 0.900 bits per heavy atom. The van der Waals surface area contributed by atoms with Gasteiger partial charge >= 0.3 is 5.97 Å². The number of hydrogen-bond donors (Lipinski definition) is 0. The minimum atomic E-state index is -0.768. The summed E-state index contributed by atoms with van der Waals surface area (Å²) in [6, 6.07) is 25.3. The van der Waals surface area contributed by atoms with Gasteiger partial charge < -0.3 is 9.74 Å². The van der Waals surface area contributed by atoms with Crippen molar-refractivity contribution in [3.8, 4) is 0 Å². The van der Waals surface area contributed by atoms with Crippen LogP contribution in [0.2, 0.25) is 0 Å². The van der Waals surface area contributed by atoms with Gasteiger partial charge in [-0.2, -0.15) is 0 Å². The molecule has 2 unspecified atom stereocenters. The molecule has 0 aliphatic heterocycles. The van der Waals surface area contributed by atoms with Crippen LogP contribution in [-0.4, -0.2) is 27.4 Å². The van der Waals surface area contributed by atoms with Gasteiger partial charge in [0.25, 0.3) is 5.69 Å². The van der Waals surface area contributed by atoms with Crippen molar-refractivity contribution in [1.29, 1.82) is 0 Å². The SMILES string of the molecule is CC12CCC(C(=O)N(Cc3ccccc3)Cc3ccccc3)(C/C1=N\OC(=O)c1cccc([N+](=O)[O-])c1)C2(C)C. The molecule has 0 N–H and O–H groups in total. The highest BCUT2D eigenvalue weighted by molar-refractivity contribution is 6.03. The molecule has 2 bridgehead atoms. The van der Waals surface area contributed by atoms with E-state index in [2.05, 4.69) is 25.9 Å². The molecule has 2 fully saturated rings. The van der Waals surface area contributed by atoms with Crippen molar-refractivity contribution in [2.24, 2.45) is 21.4 Å². The molecule has 3 aromatic carbocycles. The molecule has 3 aromatic rings. The second kappa shape index (κ2) is 10.3. The Morgan fingerprint density at radius 2 is 1.50 bits per heavy atom. The lowest BCUT2D eigenvalue weighted by Gasteiger charge is -2.42. The van der Waals surface area contributed by atoms with E-state index in [1.54, 1.807) is 0 Å².